The number of nitrogens with zero attached hydrogens (tertiary/aromatic N) is 3. The molecule has 1 amide bonds. The van der Waals surface area contributed by atoms with Gasteiger partial charge in [0.1, 0.15) is 17.8 Å². The summed E-state index contributed by atoms with van der Waals surface area (Å²) < 4.78 is 14.7. The van der Waals surface area contributed by atoms with Gasteiger partial charge < -0.3 is 19.7 Å². The molecule has 0 aliphatic carbocycles. The number of hydrogen-bond acceptors (Lipinski definition) is 4. The molecule has 1 saturated heterocycles. The summed E-state index contributed by atoms with van der Waals surface area (Å²) in [7, 11) is 0. The topological polar surface area (TPSA) is 95.7 Å². The molecule has 7 nitrogen and oxygen atoms in total. The van der Waals surface area contributed by atoms with Crippen LogP contribution < -0.4 is 0 Å². The molecule has 0 unspecified atom stereocenters. The predicted molar refractivity (Wildman–Crippen MR) is 89.6 cm³/mol. The van der Waals surface area contributed by atoms with E-state index in [4.69, 9.17) is 0 Å². The van der Waals surface area contributed by atoms with Gasteiger partial charge in [0.05, 0.1) is 12.4 Å². The third-order valence-electron chi connectivity index (χ3n) is 4.87. The molecule has 2 atom stereocenters. The van der Waals surface area contributed by atoms with E-state index in [1.54, 1.807) is 17.0 Å². The molecule has 1 aromatic heterocycles. The van der Waals surface area contributed by atoms with Crippen LogP contribution >= 0.6 is 0 Å². The first kappa shape index (κ1) is 18.1. The smallest absolute Gasteiger partial charge is 0.314 e. The Bertz CT molecular complexity index is 778. The van der Waals surface area contributed by atoms with E-state index in [9.17, 15) is 24.2 Å². The van der Waals surface area contributed by atoms with Crippen molar-refractivity contribution < 1.29 is 24.2 Å². The van der Waals surface area contributed by atoms with Gasteiger partial charge in [-0.15, -0.1) is 0 Å². The van der Waals surface area contributed by atoms with E-state index < -0.39 is 23.3 Å². The first-order valence-corrected chi connectivity index (χ1v) is 8.30. The van der Waals surface area contributed by atoms with Gasteiger partial charge in [0, 0.05) is 25.5 Å². The van der Waals surface area contributed by atoms with Crippen LogP contribution in [0, 0.1) is 11.2 Å². The SMILES string of the molecule is O=C(Cn1ccnc1)N1CC[C@H](O)[C@](Cc2ccc(F)cc2)(C(=O)O)C1. The van der Waals surface area contributed by atoms with Crippen molar-refractivity contribution in [2.45, 2.75) is 25.5 Å². The highest BCUT2D eigenvalue weighted by atomic mass is 19.1. The van der Waals surface area contributed by atoms with E-state index in [0.29, 0.717) is 5.56 Å². The molecule has 0 radical (unpaired) electrons. The lowest BCUT2D eigenvalue weighted by molar-refractivity contribution is -0.166. The number of aliphatic carboxylic acids is 1. The Labute approximate surface area is 149 Å². The molecule has 1 aliphatic rings. The molecule has 1 aromatic carbocycles. The number of aliphatic hydroxyl groups is 1. The molecular weight excluding hydrogens is 341 g/mol. The fraction of sp³-hybridized carbons (Fsp3) is 0.389. The Balaban J connectivity index is 1.81. The van der Waals surface area contributed by atoms with Crippen LogP contribution in [0.4, 0.5) is 4.39 Å². The van der Waals surface area contributed by atoms with Crippen molar-refractivity contribution in [3.63, 3.8) is 0 Å². The van der Waals surface area contributed by atoms with Crippen LogP contribution in [0.3, 0.4) is 0 Å². The fourth-order valence-electron chi connectivity index (χ4n) is 3.35. The van der Waals surface area contributed by atoms with Gasteiger partial charge in [-0.25, -0.2) is 9.37 Å². The molecule has 3 rings (SSSR count). The molecule has 138 valence electrons. The maximum absolute atomic E-state index is 13.1. The number of carboxylic acids is 1. The van der Waals surface area contributed by atoms with Gasteiger partial charge in [-0.1, -0.05) is 12.1 Å². The number of aliphatic hydroxyl groups excluding tert-OH is 1. The number of imidazole rings is 1. The van der Waals surface area contributed by atoms with Gasteiger partial charge in [-0.3, -0.25) is 9.59 Å². The van der Waals surface area contributed by atoms with E-state index in [2.05, 4.69) is 4.98 Å². The summed E-state index contributed by atoms with van der Waals surface area (Å²) in [6.07, 6.45) is 3.81. The summed E-state index contributed by atoms with van der Waals surface area (Å²) in [5.74, 6) is -1.83. The second-order valence-corrected chi connectivity index (χ2v) is 6.62. The second-order valence-electron chi connectivity index (χ2n) is 6.62. The molecule has 26 heavy (non-hydrogen) atoms. The Morgan fingerprint density at radius 3 is 2.65 bits per heavy atom. The number of piperidine rings is 1. The van der Waals surface area contributed by atoms with Crippen molar-refractivity contribution in [2.24, 2.45) is 5.41 Å². The van der Waals surface area contributed by atoms with E-state index in [1.165, 1.54) is 35.5 Å². The molecule has 2 aromatic rings. The van der Waals surface area contributed by atoms with Crippen molar-refractivity contribution in [3.8, 4) is 0 Å². The van der Waals surface area contributed by atoms with Gasteiger partial charge in [0.15, 0.2) is 0 Å². The normalized spacial score (nSPS) is 23.0. The zero-order valence-corrected chi connectivity index (χ0v) is 14.1. The van der Waals surface area contributed by atoms with Gasteiger partial charge in [0.25, 0.3) is 0 Å². The number of likely N-dealkylation sites (tertiary alicyclic amines) is 1. The highest BCUT2D eigenvalue weighted by Gasteiger charge is 2.50. The molecule has 0 saturated carbocycles. The molecule has 0 bridgehead atoms. The summed E-state index contributed by atoms with van der Waals surface area (Å²) in [6, 6.07) is 5.50. The number of halogens is 1. The van der Waals surface area contributed by atoms with E-state index >= 15 is 0 Å². The minimum atomic E-state index is -1.53. The maximum atomic E-state index is 13.1. The van der Waals surface area contributed by atoms with Crippen LogP contribution in [0.25, 0.3) is 0 Å². The molecule has 2 heterocycles. The summed E-state index contributed by atoms with van der Waals surface area (Å²) in [4.78, 5) is 29.9. The lowest BCUT2D eigenvalue weighted by Gasteiger charge is -2.43. The number of aromatic nitrogens is 2. The number of hydrogen-bond donors (Lipinski definition) is 2. The minimum absolute atomic E-state index is 0.0125. The monoisotopic (exact) mass is 361 g/mol. The molecule has 8 heteroatoms. The van der Waals surface area contributed by atoms with Crippen molar-refractivity contribution in [2.75, 3.05) is 13.1 Å². The largest absolute Gasteiger partial charge is 0.481 e. The molecule has 1 aliphatic heterocycles. The van der Waals surface area contributed by atoms with Crippen LogP contribution in [0.5, 0.6) is 0 Å². The van der Waals surface area contributed by atoms with Crippen molar-refractivity contribution in [3.05, 3.63) is 54.4 Å². The first-order chi connectivity index (χ1) is 12.4. The van der Waals surface area contributed by atoms with Crippen LogP contribution in [0.15, 0.2) is 43.0 Å². The quantitative estimate of drug-likeness (QED) is 0.826. The van der Waals surface area contributed by atoms with Crippen LogP contribution in [-0.2, 0) is 22.6 Å². The van der Waals surface area contributed by atoms with Gasteiger partial charge >= 0.3 is 5.97 Å². The Morgan fingerprint density at radius 1 is 1.31 bits per heavy atom. The number of amides is 1. The zero-order valence-electron chi connectivity index (χ0n) is 14.1. The summed E-state index contributed by atoms with van der Waals surface area (Å²) in [5, 5.41) is 20.3. The van der Waals surface area contributed by atoms with E-state index in [1.807, 2.05) is 0 Å². The first-order valence-electron chi connectivity index (χ1n) is 8.30. The van der Waals surface area contributed by atoms with Crippen molar-refractivity contribution in [1.82, 2.24) is 14.5 Å². The Hall–Kier alpha value is -2.74. The van der Waals surface area contributed by atoms with Crippen molar-refractivity contribution >= 4 is 11.9 Å². The van der Waals surface area contributed by atoms with Crippen molar-refractivity contribution in [1.29, 1.82) is 0 Å². The zero-order chi connectivity index (χ0) is 18.7. The lowest BCUT2D eigenvalue weighted by Crippen LogP contribution is -2.58. The lowest BCUT2D eigenvalue weighted by atomic mass is 9.73. The molecule has 1 fully saturated rings. The molecular formula is C18H20FN3O4. The molecule has 2 N–H and O–H groups in total. The van der Waals surface area contributed by atoms with E-state index in [0.717, 1.165) is 0 Å². The Kier molecular flexibility index (Phi) is 5.03. The third kappa shape index (κ3) is 3.60. The number of carbonyl (C=O) groups is 2. The maximum Gasteiger partial charge on any atom is 0.314 e. The third-order valence-corrected chi connectivity index (χ3v) is 4.87. The summed E-state index contributed by atoms with van der Waals surface area (Å²) in [5.41, 5.74) is -0.933. The second kappa shape index (κ2) is 7.25. The number of rotatable bonds is 5. The highest BCUT2D eigenvalue weighted by molar-refractivity contribution is 5.80. The standard InChI is InChI=1S/C18H20FN3O4/c19-14-3-1-13(2-4-14)9-18(17(25)26)11-22(7-5-15(18)23)16(24)10-21-8-6-20-12-21/h1-4,6,8,12,15,23H,5,7,9-11H2,(H,25,26)/t15-,18+/m0/s1. The number of carboxylic acid groups (broad SMARTS) is 1. The summed E-state index contributed by atoms with van der Waals surface area (Å²) >= 11 is 0. The fourth-order valence-corrected chi connectivity index (χ4v) is 3.35. The van der Waals surface area contributed by atoms with Gasteiger partial charge in [-0.05, 0) is 30.5 Å². The average Bonchev–Trinajstić information content (AvgIpc) is 3.11. The average molecular weight is 361 g/mol. The van der Waals surface area contributed by atoms with Crippen LogP contribution in [0.2, 0.25) is 0 Å². The summed E-state index contributed by atoms with van der Waals surface area (Å²) in [6.45, 7) is 0.240. The minimum Gasteiger partial charge on any atom is -0.481 e. The van der Waals surface area contributed by atoms with Crippen LogP contribution in [0.1, 0.15) is 12.0 Å². The number of carbonyl (C=O) groups excluding carboxylic acids is 1. The van der Waals surface area contributed by atoms with Crippen LogP contribution in [-0.4, -0.2) is 55.7 Å². The highest BCUT2D eigenvalue weighted by Crippen LogP contribution is 2.35. The predicted octanol–water partition coefficient (Wildman–Crippen LogP) is 0.929. The van der Waals surface area contributed by atoms with E-state index in [-0.39, 0.29) is 38.4 Å². The Morgan fingerprint density at radius 2 is 2.04 bits per heavy atom. The van der Waals surface area contributed by atoms with Gasteiger partial charge in [-0.2, -0.15) is 0 Å². The molecule has 0 spiro atoms. The van der Waals surface area contributed by atoms with Gasteiger partial charge in [0.2, 0.25) is 5.91 Å². The number of benzene rings is 1.